The van der Waals surface area contributed by atoms with Crippen LogP contribution in [0.15, 0.2) is 52.9 Å². The first-order chi connectivity index (χ1) is 10.3. The molecule has 0 unspecified atom stereocenters. The van der Waals surface area contributed by atoms with E-state index in [1.54, 1.807) is 18.2 Å². The Morgan fingerprint density at radius 2 is 1.86 bits per heavy atom. The van der Waals surface area contributed by atoms with Gasteiger partial charge in [-0.2, -0.15) is 0 Å². The molecule has 0 N–H and O–H groups in total. The van der Waals surface area contributed by atoms with Crippen LogP contribution < -0.4 is 0 Å². The lowest BCUT2D eigenvalue weighted by Crippen LogP contribution is -2.00. The Bertz CT molecular complexity index is 767. The highest BCUT2D eigenvalue weighted by Crippen LogP contribution is 2.16. The lowest BCUT2D eigenvalue weighted by Gasteiger charge is -1.98. The number of para-hydroxylation sites is 2. The van der Waals surface area contributed by atoms with E-state index in [2.05, 4.69) is 9.72 Å². The summed E-state index contributed by atoms with van der Waals surface area (Å²) < 4.78 is 10.3. The number of aromatic nitrogens is 1. The highest BCUT2D eigenvalue weighted by Gasteiger charge is 2.04. The lowest BCUT2D eigenvalue weighted by molar-refractivity contribution is 0.0600. The van der Waals surface area contributed by atoms with Crippen molar-refractivity contribution in [1.29, 1.82) is 0 Å². The standard InChI is InChI=1S/C17H13NO3/c1-20-17(19)13-9-6-12(7-10-13)8-11-16-18-14-4-2-3-5-15(14)21-16/h2-11H,1H3/b11-8+. The molecule has 0 saturated heterocycles. The van der Waals surface area contributed by atoms with Gasteiger partial charge in [0.05, 0.1) is 12.7 Å². The second kappa shape index (κ2) is 5.63. The summed E-state index contributed by atoms with van der Waals surface area (Å²) >= 11 is 0. The summed E-state index contributed by atoms with van der Waals surface area (Å²) in [6.45, 7) is 0. The quantitative estimate of drug-likeness (QED) is 0.684. The Morgan fingerprint density at radius 1 is 1.10 bits per heavy atom. The fourth-order valence-corrected chi connectivity index (χ4v) is 1.98. The molecule has 0 aliphatic rings. The van der Waals surface area contributed by atoms with Crippen LogP contribution in [0.1, 0.15) is 21.8 Å². The molecule has 4 heteroatoms. The number of ether oxygens (including phenoxy) is 1. The number of carbonyl (C=O) groups excluding carboxylic acids is 1. The Morgan fingerprint density at radius 3 is 2.57 bits per heavy atom. The van der Waals surface area contributed by atoms with E-state index >= 15 is 0 Å². The van der Waals surface area contributed by atoms with E-state index < -0.39 is 0 Å². The van der Waals surface area contributed by atoms with Crippen molar-refractivity contribution in [1.82, 2.24) is 4.98 Å². The van der Waals surface area contributed by atoms with Gasteiger partial charge in [-0.15, -0.1) is 0 Å². The van der Waals surface area contributed by atoms with Crippen molar-refractivity contribution in [2.45, 2.75) is 0 Å². The average molecular weight is 279 g/mol. The molecule has 104 valence electrons. The Kier molecular flexibility index (Phi) is 3.51. The van der Waals surface area contributed by atoms with E-state index in [9.17, 15) is 4.79 Å². The predicted octanol–water partition coefficient (Wildman–Crippen LogP) is 3.78. The summed E-state index contributed by atoms with van der Waals surface area (Å²) in [5.74, 6) is 0.206. The van der Waals surface area contributed by atoms with E-state index in [1.807, 2.05) is 42.5 Å². The first-order valence-electron chi connectivity index (χ1n) is 6.48. The normalized spacial score (nSPS) is 11.1. The van der Waals surface area contributed by atoms with Gasteiger partial charge >= 0.3 is 5.97 Å². The van der Waals surface area contributed by atoms with Crippen LogP contribution in [0, 0.1) is 0 Å². The van der Waals surface area contributed by atoms with Gasteiger partial charge in [-0.05, 0) is 35.9 Å². The summed E-state index contributed by atoms with van der Waals surface area (Å²) in [6.07, 6.45) is 3.68. The molecule has 0 aliphatic carbocycles. The SMILES string of the molecule is COC(=O)c1ccc(/C=C/c2nc3ccccc3o2)cc1. The molecule has 0 bridgehead atoms. The third-order valence-corrected chi connectivity index (χ3v) is 3.06. The van der Waals surface area contributed by atoms with Crippen molar-refractivity contribution >= 4 is 29.2 Å². The van der Waals surface area contributed by atoms with E-state index in [0.717, 1.165) is 16.7 Å². The van der Waals surface area contributed by atoms with E-state index in [1.165, 1.54) is 7.11 Å². The van der Waals surface area contributed by atoms with Crippen LogP contribution in [-0.4, -0.2) is 18.1 Å². The van der Waals surface area contributed by atoms with Crippen molar-refractivity contribution in [2.24, 2.45) is 0 Å². The molecule has 0 amide bonds. The topological polar surface area (TPSA) is 52.3 Å². The van der Waals surface area contributed by atoms with Gasteiger partial charge in [0.2, 0.25) is 5.89 Å². The molecule has 3 rings (SSSR count). The molecular formula is C17H13NO3. The van der Waals surface area contributed by atoms with E-state index in [4.69, 9.17) is 4.42 Å². The minimum atomic E-state index is -0.343. The Balaban J connectivity index is 1.80. The number of oxazole rings is 1. The maximum absolute atomic E-state index is 11.3. The van der Waals surface area contributed by atoms with E-state index in [-0.39, 0.29) is 5.97 Å². The number of nitrogens with zero attached hydrogens (tertiary/aromatic N) is 1. The maximum atomic E-state index is 11.3. The number of fused-ring (bicyclic) bond motifs is 1. The molecule has 0 atom stereocenters. The molecule has 0 fully saturated rings. The fourth-order valence-electron chi connectivity index (χ4n) is 1.98. The smallest absolute Gasteiger partial charge is 0.337 e. The van der Waals surface area contributed by atoms with Crippen LogP contribution in [0.3, 0.4) is 0 Å². The van der Waals surface area contributed by atoms with Crippen LogP contribution in [-0.2, 0) is 4.74 Å². The second-order valence-electron chi connectivity index (χ2n) is 4.47. The van der Waals surface area contributed by atoms with Gasteiger partial charge in [0.15, 0.2) is 5.58 Å². The molecule has 1 heterocycles. The molecule has 21 heavy (non-hydrogen) atoms. The van der Waals surface area contributed by atoms with Crippen LogP contribution >= 0.6 is 0 Å². The Hall–Kier alpha value is -2.88. The van der Waals surface area contributed by atoms with Crippen molar-refractivity contribution in [3.63, 3.8) is 0 Å². The largest absolute Gasteiger partial charge is 0.465 e. The van der Waals surface area contributed by atoms with Crippen LogP contribution in [0.4, 0.5) is 0 Å². The highest BCUT2D eigenvalue weighted by atomic mass is 16.5. The minimum Gasteiger partial charge on any atom is -0.465 e. The summed E-state index contributed by atoms with van der Waals surface area (Å²) in [5.41, 5.74) is 3.07. The number of hydrogen-bond acceptors (Lipinski definition) is 4. The molecule has 0 saturated carbocycles. The number of methoxy groups -OCH3 is 1. The third-order valence-electron chi connectivity index (χ3n) is 3.06. The number of rotatable bonds is 3. The maximum Gasteiger partial charge on any atom is 0.337 e. The van der Waals surface area contributed by atoms with Crippen molar-refractivity contribution in [2.75, 3.05) is 7.11 Å². The van der Waals surface area contributed by atoms with Gasteiger partial charge in [0, 0.05) is 6.08 Å². The molecule has 0 aliphatic heterocycles. The van der Waals surface area contributed by atoms with Gasteiger partial charge in [0.25, 0.3) is 0 Å². The fraction of sp³-hybridized carbons (Fsp3) is 0.0588. The van der Waals surface area contributed by atoms with Gasteiger partial charge in [0.1, 0.15) is 5.52 Å². The first kappa shape index (κ1) is 13.1. The first-order valence-corrected chi connectivity index (χ1v) is 6.48. The molecule has 4 nitrogen and oxygen atoms in total. The van der Waals surface area contributed by atoms with Gasteiger partial charge in [-0.3, -0.25) is 0 Å². The number of hydrogen-bond donors (Lipinski definition) is 0. The van der Waals surface area contributed by atoms with Crippen LogP contribution in [0.2, 0.25) is 0 Å². The predicted molar refractivity (Wildman–Crippen MR) is 80.7 cm³/mol. The second-order valence-corrected chi connectivity index (χ2v) is 4.47. The lowest BCUT2D eigenvalue weighted by atomic mass is 10.1. The number of benzene rings is 2. The summed E-state index contributed by atoms with van der Waals surface area (Å²) in [6, 6.07) is 14.7. The zero-order valence-corrected chi connectivity index (χ0v) is 11.4. The Labute approximate surface area is 121 Å². The highest BCUT2D eigenvalue weighted by molar-refractivity contribution is 5.89. The molecule has 0 radical (unpaired) electrons. The monoisotopic (exact) mass is 279 g/mol. The van der Waals surface area contributed by atoms with Crippen LogP contribution in [0.25, 0.3) is 23.3 Å². The van der Waals surface area contributed by atoms with Crippen molar-refractivity contribution in [3.05, 3.63) is 65.5 Å². The van der Waals surface area contributed by atoms with Crippen LogP contribution in [0.5, 0.6) is 0 Å². The number of esters is 1. The summed E-state index contributed by atoms with van der Waals surface area (Å²) in [4.78, 5) is 15.7. The molecule has 0 spiro atoms. The van der Waals surface area contributed by atoms with Crippen molar-refractivity contribution < 1.29 is 13.9 Å². The third kappa shape index (κ3) is 2.84. The van der Waals surface area contributed by atoms with Gasteiger partial charge < -0.3 is 9.15 Å². The zero-order valence-electron chi connectivity index (χ0n) is 11.4. The summed E-state index contributed by atoms with van der Waals surface area (Å²) in [5, 5.41) is 0. The van der Waals surface area contributed by atoms with Gasteiger partial charge in [-0.25, -0.2) is 9.78 Å². The van der Waals surface area contributed by atoms with Crippen molar-refractivity contribution in [3.8, 4) is 0 Å². The molecule has 2 aromatic carbocycles. The molecular weight excluding hydrogens is 266 g/mol. The van der Waals surface area contributed by atoms with E-state index in [0.29, 0.717) is 11.5 Å². The van der Waals surface area contributed by atoms with Gasteiger partial charge in [-0.1, -0.05) is 24.3 Å². The number of carbonyl (C=O) groups is 1. The zero-order chi connectivity index (χ0) is 14.7. The average Bonchev–Trinajstić information content (AvgIpc) is 2.95. The minimum absolute atomic E-state index is 0.343. The molecule has 3 aromatic rings. The summed E-state index contributed by atoms with van der Waals surface area (Å²) in [7, 11) is 1.36. The molecule has 1 aromatic heterocycles.